The van der Waals surface area contributed by atoms with E-state index in [1.165, 1.54) is 39.7 Å². The van der Waals surface area contributed by atoms with Crippen LogP contribution in [0.5, 0.6) is 28.7 Å². The molecule has 2 rings (SSSR count). The van der Waals surface area contributed by atoms with E-state index in [0.29, 0.717) is 17.1 Å². The minimum Gasteiger partial charge on any atom is -0.502 e. The average Bonchev–Trinajstić information content (AvgIpc) is 2.67. The smallest absolute Gasteiger partial charge is 0.271 e. The van der Waals surface area contributed by atoms with E-state index in [9.17, 15) is 9.90 Å². The molecular weight excluding hydrogens is 352 g/mol. The van der Waals surface area contributed by atoms with E-state index in [1.807, 2.05) is 19.1 Å². The first-order valence-electron chi connectivity index (χ1n) is 7.96. The molecule has 2 aromatic rings. The van der Waals surface area contributed by atoms with Gasteiger partial charge in [-0.25, -0.2) is 5.43 Å². The highest BCUT2D eigenvalue weighted by molar-refractivity contribution is 5.96. The third-order valence-corrected chi connectivity index (χ3v) is 3.76. The van der Waals surface area contributed by atoms with Crippen LogP contribution in [0.25, 0.3) is 0 Å². The van der Waals surface area contributed by atoms with Gasteiger partial charge < -0.3 is 24.1 Å². The highest BCUT2D eigenvalue weighted by Gasteiger charge is 2.15. The fraction of sp³-hybridized carbons (Fsp3) is 0.263. The molecule has 1 amide bonds. The van der Waals surface area contributed by atoms with E-state index in [-0.39, 0.29) is 22.8 Å². The number of nitrogens with zero attached hydrogens (tertiary/aromatic N) is 1. The monoisotopic (exact) mass is 374 g/mol. The maximum Gasteiger partial charge on any atom is 0.271 e. The number of benzene rings is 2. The lowest BCUT2D eigenvalue weighted by Crippen LogP contribution is -2.18. The lowest BCUT2D eigenvalue weighted by atomic mass is 10.1. The van der Waals surface area contributed by atoms with Gasteiger partial charge in [0, 0.05) is 11.1 Å². The van der Waals surface area contributed by atoms with Crippen LogP contribution in [0.15, 0.2) is 29.4 Å². The number of amides is 1. The van der Waals surface area contributed by atoms with Crippen molar-refractivity contribution in [1.29, 1.82) is 0 Å². The molecule has 0 saturated carbocycles. The van der Waals surface area contributed by atoms with Crippen LogP contribution in [-0.4, -0.2) is 45.7 Å². The van der Waals surface area contributed by atoms with Crippen LogP contribution in [0.2, 0.25) is 0 Å². The third-order valence-electron chi connectivity index (χ3n) is 3.76. The lowest BCUT2D eigenvalue weighted by molar-refractivity contribution is 0.0954. The van der Waals surface area contributed by atoms with Crippen molar-refractivity contribution in [3.05, 3.63) is 41.0 Å². The van der Waals surface area contributed by atoms with Gasteiger partial charge in [-0.15, -0.1) is 0 Å². The number of hydrazone groups is 1. The van der Waals surface area contributed by atoms with Crippen LogP contribution in [0.4, 0.5) is 0 Å². The molecule has 2 aromatic carbocycles. The predicted octanol–water partition coefficient (Wildman–Crippen LogP) is 2.50. The van der Waals surface area contributed by atoms with Gasteiger partial charge in [0.15, 0.2) is 23.0 Å². The standard InChI is InChI=1S/C19H22N2O6/c1-11-6-13(18(27-5)16(7-11)26-4)10-20-21-19(23)12-8-14(24-2)17(22)15(9-12)25-3/h6-10,22H,1-5H3,(H,21,23). The Kier molecular flexibility index (Phi) is 6.48. The minimum atomic E-state index is -0.499. The minimum absolute atomic E-state index is 0.119. The van der Waals surface area contributed by atoms with Gasteiger partial charge in [-0.1, -0.05) is 0 Å². The summed E-state index contributed by atoms with van der Waals surface area (Å²) in [5.74, 6) is 0.632. The first kappa shape index (κ1) is 19.9. The summed E-state index contributed by atoms with van der Waals surface area (Å²) in [4.78, 5) is 12.4. The Labute approximate surface area is 157 Å². The summed E-state index contributed by atoms with van der Waals surface area (Å²) in [5, 5.41) is 13.9. The van der Waals surface area contributed by atoms with Crippen LogP contribution in [0.3, 0.4) is 0 Å². The molecule has 0 bridgehead atoms. The molecule has 0 radical (unpaired) electrons. The van der Waals surface area contributed by atoms with Gasteiger partial charge in [0.25, 0.3) is 5.91 Å². The Morgan fingerprint density at radius 3 is 2.07 bits per heavy atom. The maximum absolute atomic E-state index is 12.4. The van der Waals surface area contributed by atoms with Crippen molar-refractivity contribution in [1.82, 2.24) is 5.43 Å². The predicted molar refractivity (Wildman–Crippen MR) is 101 cm³/mol. The zero-order valence-electron chi connectivity index (χ0n) is 15.8. The Bertz CT molecular complexity index is 839. The molecule has 2 N–H and O–H groups in total. The van der Waals surface area contributed by atoms with Gasteiger partial charge >= 0.3 is 0 Å². The highest BCUT2D eigenvalue weighted by atomic mass is 16.5. The zero-order chi connectivity index (χ0) is 20.0. The number of phenols is 1. The number of hydrogen-bond acceptors (Lipinski definition) is 7. The SMILES string of the molecule is COc1cc(C(=O)NN=Cc2cc(C)cc(OC)c2OC)cc(OC)c1O. The normalized spacial score (nSPS) is 10.6. The first-order valence-corrected chi connectivity index (χ1v) is 7.96. The van der Waals surface area contributed by atoms with E-state index in [1.54, 1.807) is 7.11 Å². The Balaban J connectivity index is 2.25. The van der Waals surface area contributed by atoms with Crippen molar-refractivity contribution < 1.29 is 28.8 Å². The number of methoxy groups -OCH3 is 4. The topological polar surface area (TPSA) is 98.6 Å². The van der Waals surface area contributed by atoms with Crippen molar-refractivity contribution in [2.24, 2.45) is 5.10 Å². The van der Waals surface area contributed by atoms with Gasteiger partial charge in [0.2, 0.25) is 5.75 Å². The molecule has 0 saturated heterocycles. The summed E-state index contributed by atoms with van der Waals surface area (Å²) >= 11 is 0. The summed E-state index contributed by atoms with van der Waals surface area (Å²) in [5.41, 5.74) is 4.24. The van der Waals surface area contributed by atoms with Gasteiger partial charge in [-0.3, -0.25) is 4.79 Å². The van der Waals surface area contributed by atoms with Crippen molar-refractivity contribution >= 4 is 12.1 Å². The van der Waals surface area contributed by atoms with Gasteiger partial charge in [0.1, 0.15) is 0 Å². The molecule has 0 fully saturated rings. The number of rotatable bonds is 7. The number of ether oxygens (including phenoxy) is 4. The van der Waals surface area contributed by atoms with Gasteiger partial charge in [-0.2, -0.15) is 5.10 Å². The molecule has 8 nitrogen and oxygen atoms in total. The summed E-state index contributed by atoms with van der Waals surface area (Å²) in [6.45, 7) is 1.91. The van der Waals surface area contributed by atoms with E-state index in [2.05, 4.69) is 10.5 Å². The van der Waals surface area contributed by atoms with E-state index >= 15 is 0 Å². The molecular formula is C19H22N2O6. The van der Waals surface area contributed by atoms with Crippen LogP contribution in [-0.2, 0) is 0 Å². The highest BCUT2D eigenvalue weighted by Crippen LogP contribution is 2.37. The van der Waals surface area contributed by atoms with E-state index in [4.69, 9.17) is 18.9 Å². The molecule has 0 atom stereocenters. The van der Waals surface area contributed by atoms with Crippen LogP contribution >= 0.6 is 0 Å². The van der Waals surface area contributed by atoms with E-state index < -0.39 is 5.91 Å². The van der Waals surface area contributed by atoms with Gasteiger partial charge in [0.05, 0.1) is 34.7 Å². The second-order valence-electron chi connectivity index (χ2n) is 5.52. The number of aryl methyl sites for hydroxylation is 1. The van der Waals surface area contributed by atoms with Crippen molar-refractivity contribution in [2.75, 3.05) is 28.4 Å². The zero-order valence-corrected chi connectivity index (χ0v) is 15.8. The second kappa shape index (κ2) is 8.79. The molecule has 0 aliphatic rings. The summed E-state index contributed by atoms with van der Waals surface area (Å²) in [6.07, 6.45) is 1.46. The Hall–Kier alpha value is -3.42. The number of hydrogen-bond donors (Lipinski definition) is 2. The van der Waals surface area contributed by atoms with Crippen LogP contribution in [0.1, 0.15) is 21.5 Å². The third kappa shape index (κ3) is 4.41. The number of phenolic OH excluding ortho intramolecular Hbond substituents is 1. The molecule has 0 unspecified atom stereocenters. The van der Waals surface area contributed by atoms with Crippen LogP contribution in [0, 0.1) is 6.92 Å². The van der Waals surface area contributed by atoms with Crippen molar-refractivity contribution in [3.8, 4) is 28.7 Å². The fourth-order valence-electron chi connectivity index (χ4n) is 2.48. The summed E-state index contributed by atoms with van der Waals surface area (Å²) in [7, 11) is 5.83. The quantitative estimate of drug-likeness (QED) is 0.571. The fourth-order valence-corrected chi connectivity index (χ4v) is 2.48. The summed E-state index contributed by atoms with van der Waals surface area (Å²) < 4.78 is 20.7. The Morgan fingerprint density at radius 2 is 1.56 bits per heavy atom. The first-order chi connectivity index (χ1) is 12.9. The molecule has 0 heterocycles. The summed E-state index contributed by atoms with van der Waals surface area (Å²) in [6, 6.07) is 6.46. The molecule has 0 aliphatic carbocycles. The molecule has 0 aliphatic heterocycles. The molecule has 8 heteroatoms. The number of aromatic hydroxyl groups is 1. The van der Waals surface area contributed by atoms with Crippen molar-refractivity contribution in [2.45, 2.75) is 6.92 Å². The molecule has 0 spiro atoms. The lowest BCUT2D eigenvalue weighted by Gasteiger charge is -2.11. The molecule has 144 valence electrons. The van der Waals surface area contributed by atoms with Crippen molar-refractivity contribution in [3.63, 3.8) is 0 Å². The second-order valence-corrected chi connectivity index (χ2v) is 5.52. The molecule has 27 heavy (non-hydrogen) atoms. The number of carbonyl (C=O) groups excluding carboxylic acids is 1. The Morgan fingerprint density at radius 1 is 0.963 bits per heavy atom. The maximum atomic E-state index is 12.4. The largest absolute Gasteiger partial charge is 0.502 e. The number of carbonyl (C=O) groups is 1. The number of nitrogens with one attached hydrogen (secondary N) is 1. The van der Waals surface area contributed by atoms with Crippen LogP contribution < -0.4 is 24.4 Å². The van der Waals surface area contributed by atoms with E-state index in [0.717, 1.165) is 5.56 Å². The average molecular weight is 374 g/mol. The van der Waals surface area contributed by atoms with Gasteiger partial charge in [-0.05, 0) is 36.8 Å². The molecule has 0 aromatic heterocycles.